The van der Waals surface area contributed by atoms with Crippen molar-refractivity contribution in [2.24, 2.45) is 11.7 Å². The lowest BCUT2D eigenvalue weighted by Crippen LogP contribution is -2.42. The molecule has 4 rings (SSSR count). The fourth-order valence-electron chi connectivity index (χ4n) is 4.35. The second-order valence-corrected chi connectivity index (χ2v) is 10.2. The normalized spacial score (nSPS) is 15.4. The van der Waals surface area contributed by atoms with Gasteiger partial charge in [0.25, 0.3) is 5.91 Å². The number of ether oxygens (including phenoxy) is 1. The number of halogens is 1. The first-order valence-corrected chi connectivity index (χ1v) is 12.4. The number of benzene rings is 1. The van der Waals surface area contributed by atoms with Gasteiger partial charge in [0.2, 0.25) is 5.95 Å². The van der Waals surface area contributed by atoms with E-state index in [2.05, 4.69) is 20.3 Å². The molecule has 9 nitrogen and oxygen atoms in total. The summed E-state index contributed by atoms with van der Waals surface area (Å²) in [7, 11) is 0. The molecular formula is C27H33FN6O3. The van der Waals surface area contributed by atoms with E-state index in [4.69, 9.17) is 10.5 Å². The second kappa shape index (κ2) is 11.0. The van der Waals surface area contributed by atoms with Crippen molar-refractivity contribution in [1.82, 2.24) is 19.9 Å². The zero-order valence-electron chi connectivity index (χ0n) is 21.4. The zero-order valence-corrected chi connectivity index (χ0v) is 21.4. The Kier molecular flexibility index (Phi) is 7.75. The fourth-order valence-corrected chi connectivity index (χ4v) is 4.35. The van der Waals surface area contributed by atoms with Gasteiger partial charge in [-0.2, -0.15) is 0 Å². The van der Waals surface area contributed by atoms with E-state index in [9.17, 15) is 14.0 Å². The highest BCUT2D eigenvalue weighted by Gasteiger charge is 2.30. The molecule has 0 spiro atoms. The number of hydrogen-bond donors (Lipinski definition) is 3. The molecule has 4 N–H and O–H groups in total. The molecule has 1 aromatic carbocycles. The molecule has 0 atom stereocenters. The van der Waals surface area contributed by atoms with Crippen molar-refractivity contribution in [2.45, 2.75) is 52.1 Å². The number of nitrogens with two attached hydrogens (primary N) is 1. The van der Waals surface area contributed by atoms with Crippen LogP contribution in [-0.4, -0.2) is 50.5 Å². The Balaban J connectivity index is 1.51. The topological polar surface area (TPSA) is 126 Å². The first kappa shape index (κ1) is 26.1. The van der Waals surface area contributed by atoms with Crippen LogP contribution in [0.4, 0.5) is 15.1 Å². The van der Waals surface area contributed by atoms with Crippen LogP contribution in [0.1, 0.15) is 45.6 Å². The van der Waals surface area contributed by atoms with Crippen LogP contribution in [0.15, 0.2) is 54.0 Å². The number of aromatic amines is 1. The van der Waals surface area contributed by atoms with Gasteiger partial charge in [-0.05, 0) is 70.2 Å². The molecule has 2 amide bonds. The number of amides is 2. The van der Waals surface area contributed by atoms with Crippen molar-refractivity contribution in [3.05, 3.63) is 65.4 Å². The van der Waals surface area contributed by atoms with E-state index in [-0.39, 0.29) is 23.7 Å². The van der Waals surface area contributed by atoms with Gasteiger partial charge < -0.3 is 20.4 Å². The number of anilines is 1. The van der Waals surface area contributed by atoms with Crippen molar-refractivity contribution in [3.63, 3.8) is 0 Å². The van der Waals surface area contributed by atoms with E-state index in [1.807, 2.05) is 20.8 Å². The van der Waals surface area contributed by atoms with Crippen LogP contribution in [0.5, 0.6) is 0 Å². The van der Waals surface area contributed by atoms with Gasteiger partial charge in [0.05, 0.1) is 17.2 Å². The summed E-state index contributed by atoms with van der Waals surface area (Å²) >= 11 is 0. The lowest BCUT2D eigenvalue weighted by atomic mass is 9.89. The minimum atomic E-state index is -0.564. The number of aromatic nitrogens is 3. The number of carbonyl (C=O) groups is 2. The second-order valence-electron chi connectivity index (χ2n) is 10.2. The van der Waals surface area contributed by atoms with Gasteiger partial charge in [-0.3, -0.25) is 15.1 Å². The van der Waals surface area contributed by atoms with E-state index in [1.165, 1.54) is 12.1 Å². The molecule has 0 radical (unpaired) electrons. The molecule has 3 aromatic rings. The number of pyridine rings is 1. The van der Waals surface area contributed by atoms with Gasteiger partial charge >= 0.3 is 6.09 Å². The summed E-state index contributed by atoms with van der Waals surface area (Å²) < 4.78 is 18.8. The van der Waals surface area contributed by atoms with Crippen LogP contribution < -0.4 is 11.1 Å². The zero-order chi connectivity index (χ0) is 26.6. The molecule has 1 fully saturated rings. The highest BCUT2D eigenvalue weighted by molar-refractivity contribution is 6.04. The summed E-state index contributed by atoms with van der Waals surface area (Å²) in [6.45, 7) is 6.49. The Morgan fingerprint density at radius 2 is 1.89 bits per heavy atom. The van der Waals surface area contributed by atoms with Gasteiger partial charge in [-0.15, -0.1) is 0 Å². The number of nitrogens with zero attached hydrogens (tertiary/aromatic N) is 3. The third-order valence-corrected chi connectivity index (χ3v) is 6.30. The summed E-state index contributed by atoms with van der Waals surface area (Å²) in [6, 6.07) is 7.95. The third-order valence-electron chi connectivity index (χ3n) is 6.30. The molecule has 0 saturated carbocycles. The predicted octanol–water partition coefficient (Wildman–Crippen LogP) is 4.53. The third kappa shape index (κ3) is 6.84. The monoisotopic (exact) mass is 508 g/mol. The van der Waals surface area contributed by atoms with Crippen LogP contribution >= 0.6 is 0 Å². The van der Waals surface area contributed by atoms with Gasteiger partial charge in [0.15, 0.2) is 0 Å². The number of H-pyrrole nitrogens is 1. The number of carbonyl (C=O) groups excluding carboxylic acids is 2. The average molecular weight is 509 g/mol. The maximum absolute atomic E-state index is 13.4. The Morgan fingerprint density at radius 1 is 1.19 bits per heavy atom. The Labute approximate surface area is 215 Å². The van der Waals surface area contributed by atoms with Crippen LogP contribution in [0, 0.1) is 11.7 Å². The van der Waals surface area contributed by atoms with Crippen LogP contribution in [0.2, 0.25) is 0 Å². The lowest BCUT2D eigenvalue weighted by Gasteiger charge is -2.34. The van der Waals surface area contributed by atoms with Gasteiger partial charge in [-0.1, -0.05) is 12.1 Å². The number of fused-ring (bicyclic) bond motifs is 1. The van der Waals surface area contributed by atoms with Crippen molar-refractivity contribution in [3.8, 4) is 0 Å². The molecule has 10 heteroatoms. The van der Waals surface area contributed by atoms with E-state index < -0.39 is 5.60 Å². The molecule has 0 unspecified atom stereocenters. The Bertz CT molecular complexity index is 1250. The molecule has 37 heavy (non-hydrogen) atoms. The summed E-state index contributed by atoms with van der Waals surface area (Å²) in [5.41, 5.74) is 9.30. The van der Waals surface area contributed by atoms with Crippen LogP contribution in [-0.2, 0) is 16.0 Å². The summed E-state index contributed by atoms with van der Waals surface area (Å²) in [5.74, 6) is -0.415. The van der Waals surface area contributed by atoms with Crippen molar-refractivity contribution < 1.29 is 18.7 Å². The maximum Gasteiger partial charge on any atom is 0.410 e. The number of hydrogen-bond acceptors (Lipinski definition) is 6. The van der Waals surface area contributed by atoms with Crippen molar-refractivity contribution >= 4 is 29.0 Å². The maximum atomic E-state index is 13.4. The average Bonchev–Trinajstić information content (AvgIpc) is 3.26. The quantitative estimate of drug-likeness (QED) is 0.420. The first-order valence-electron chi connectivity index (χ1n) is 12.4. The highest BCUT2D eigenvalue weighted by atomic mass is 19.1. The number of imidazole rings is 1. The molecule has 196 valence electrons. The molecular weight excluding hydrogens is 475 g/mol. The molecule has 1 saturated heterocycles. The van der Waals surface area contributed by atoms with E-state index in [0.29, 0.717) is 67.0 Å². The number of rotatable bonds is 6. The van der Waals surface area contributed by atoms with Gasteiger partial charge in [-0.25, -0.2) is 14.2 Å². The van der Waals surface area contributed by atoms with E-state index in [0.717, 1.165) is 5.56 Å². The molecule has 1 aliphatic rings. The van der Waals surface area contributed by atoms with Gasteiger partial charge in [0, 0.05) is 36.5 Å². The highest BCUT2D eigenvalue weighted by Crippen LogP contribution is 2.27. The largest absolute Gasteiger partial charge is 0.444 e. The minimum absolute atomic E-state index is 0.0625. The van der Waals surface area contributed by atoms with Crippen LogP contribution in [0.25, 0.3) is 11.0 Å². The SMILES string of the molecule is CC(C)(C)OC(=O)N1CCC(/C(N)=C(\CCc2ccc(F)cc2)C(=O)Nc2nc3ccncc3[nH]2)CC1. The lowest BCUT2D eigenvalue weighted by molar-refractivity contribution is -0.113. The molecule has 1 aliphatic heterocycles. The first-order chi connectivity index (χ1) is 17.6. The van der Waals surface area contributed by atoms with Crippen LogP contribution in [0.3, 0.4) is 0 Å². The van der Waals surface area contributed by atoms with E-state index in [1.54, 1.807) is 35.5 Å². The minimum Gasteiger partial charge on any atom is -0.444 e. The molecule has 0 bridgehead atoms. The standard InChI is InChI=1S/C27H33FN6O3/c1-27(2,3)37-26(36)34-14-11-18(12-15-34)23(29)20(9-6-17-4-7-19(28)8-5-17)24(35)33-25-31-21-10-13-30-16-22(21)32-25/h4-5,7-8,10,13,16,18H,6,9,11-12,14-15,29H2,1-3H3,(H2,31,32,33,35)/b23-20-. The number of nitrogens with one attached hydrogen (secondary N) is 2. The summed E-state index contributed by atoms with van der Waals surface area (Å²) in [5, 5.41) is 2.83. The fraction of sp³-hybridized carbons (Fsp3) is 0.407. The van der Waals surface area contributed by atoms with Crippen molar-refractivity contribution in [1.29, 1.82) is 0 Å². The number of piperidine rings is 1. The number of likely N-dealkylation sites (tertiary alicyclic amines) is 1. The number of allylic oxidation sites excluding steroid dienone is 1. The molecule has 3 heterocycles. The molecule has 2 aromatic heterocycles. The Hall–Kier alpha value is -3.95. The number of aryl methyl sites for hydroxylation is 1. The molecule has 0 aliphatic carbocycles. The van der Waals surface area contributed by atoms with Crippen molar-refractivity contribution in [2.75, 3.05) is 18.4 Å². The van der Waals surface area contributed by atoms with Gasteiger partial charge in [0.1, 0.15) is 11.4 Å². The predicted molar refractivity (Wildman–Crippen MR) is 139 cm³/mol. The summed E-state index contributed by atoms with van der Waals surface area (Å²) in [6.07, 6.45) is 5.05. The smallest absolute Gasteiger partial charge is 0.410 e. The van der Waals surface area contributed by atoms with E-state index >= 15 is 0 Å². The summed E-state index contributed by atoms with van der Waals surface area (Å²) in [4.78, 5) is 39.0. The Morgan fingerprint density at radius 3 is 2.54 bits per heavy atom.